The van der Waals surface area contributed by atoms with E-state index in [1.807, 2.05) is 54.6 Å². The predicted molar refractivity (Wildman–Crippen MR) is 126 cm³/mol. The zero-order valence-electron chi connectivity index (χ0n) is 18.4. The van der Waals surface area contributed by atoms with Crippen LogP contribution in [0.3, 0.4) is 0 Å². The number of methoxy groups -OCH3 is 1. The molecule has 0 radical (unpaired) electrons. The van der Waals surface area contributed by atoms with Crippen LogP contribution in [-0.4, -0.2) is 19.0 Å². The molecule has 1 unspecified atom stereocenters. The smallest absolute Gasteiger partial charge is 0.319 e. The Hall–Kier alpha value is -4.26. The quantitative estimate of drug-likeness (QED) is 0.500. The third-order valence-electron chi connectivity index (χ3n) is 5.32. The summed E-state index contributed by atoms with van der Waals surface area (Å²) in [6, 6.07) is 23.4. The number of anilines is 1. The van der Waals surface area contributed by atoms with Gasteiger partial charge in [0.1, 0.15) is 18.1 Å². The lowest BCUT2D eigenvalue weighted by atomic mass is 9.94. The van der Waals surface area contributed by atoms with Crippen LogP contribution < -0.4 is 25.4 Å². The molecule has 0 bridgehead atoms. The van der Waals surface area contributed by atoms with E-state index in [2.05, 4.69) is 16.0 Å². The number of urea groups is 1. The van der Waals surface area contributed by atoms with Gasteiger partial charge in [-0.1, -0.05) is 42.5 Å². The van der Waals surface area contributed by atoms with Crippen molar-refractivity contribution in [2.45, 2.75) is 19.6 Å². The molecule has 0 aliphatic carbocycles. The minimum atomic E-state index is -0.597. The molecule has 1 aliphatic rings. The van der Waals surface area contributed by atoms with Crippen LogP contribution in [0, 0.1) is 0 Å². The van der Waals surface area contributed by atoms with Crippen LogP contribution in [-0.2, 0) is 11.4 Å². The fourth-order valence-electron chi connectivity index (χ4n) is 3.62. The zero-order valence-corrected chi connectivity index (χ0v) is 18.4. The third-order valence-corrected chi connectivity index (χ3v) is 5.32. The Morgan fingerprint density at radius 3 is 2.27 bits per heavy atom. The van der Waals surface area contributed by atoms with Crippen molar-refractivity contribution in [2.24, 2.45) is 0 Å². The van der Waals surface area contributed by atoms with E-state index in [1.54, 1.807) is 38.3 Å². The molecule has 0 spiro atoms. The number of rotatable bonds is 7. The van der Waals surface area contributed by atoms with Gasteiger partial charge in [0.25, 0.3) is 5.91 Å². The lowest BCUT2D eigenvalue weighted by molar-refractivity contribution is -0.113. The summed E-state index contributed by atoms with van der Waals surface area (Å²) < 4.78 is 11.0. The number of hydrogen-bond donors (Lipinski definition) is 3. The summed E-state index contributed by atoms with van der Waals surface area (Å²) in [6.45, 7) is 2.17. The molecule has 1 atom stereocenters. The number of hydrogen-bond acceptors (Lipinski definition) is 4. The van der Waals surface area contributed by atoms with E-state index in [4.69, 9.17) is 9.47 Å². The number of carbonyl (C=O) groups excluding carboxylic acids is 2. The van der Waals surface area contributed by atoms with Gasteiger partial charge in [0, 0.05) is 11.4 Å². The molecule has 33 heavy (non-hydrogen) atoms. The van der Waals surface area contributed by atoms with Gasteiger partial charge in [0.15, 0.2) is 0 Å². The Labute approximate surface area is 192 Å². The second kappa shape index (κ2) is 9.91. The fraction of sp³-hybridized carbons (Fsp3) is 0.154. The first kappa shape index (κ1) is 22.0. The first-order valence-corrected chi connectivity index (χ1v) is 10.5. The molecule has 1 aliphatic heterocycles. The van der Waals surface area contributed by atoms with Crippen LogP contribution >= 0.6 is 0 Å². The Balaban J connectivity index is 1.51. The van der Waals surface area contributed by atoms with Gasteiger partial charge in [-0.15, -0.1) is 0 Å². The van der Waals surface area contributed by atoms with E-state index in [1.165, 1.54) is 0 Å². The highest BCUT2D eigenvalue weighted by Crippen LogP contribution is 2.29. The van der Waals surface area contributed by atoms with Crippen molar-refractivity contribution in [3.63, 3.8) is 0 Å². The minimum Gasteiger partial charge on any atom is -0.497 e. The summed E-state index contributed by atoms with van der Waals surface area (Å²) in [5.41, 5.74) is 3.41. The Bertz CT molecular complexity index is 1160. The Morgan fingerprint density at radius 1 is 0.939 bits per heavy atom. The first-order chi connectivity index (χ1) is 16.0. The maximum atomic E-state index is 13.1. The largest absolute Gasteiger partial charge is 0.497 e. The lowest BCUT2D eigenvalue weighted by Gasteiger charge is -2.28. The van der Waals surface area contributed by atoms with Gasteiger partial charge in [-0.05, 0) is 54.4 Å². The average Bonchev–Trinajstić information content (AvgIpc) is 2.83. The van der Waals surface area contributed by atoms with Crippen LogP contribution in [0.5, 0.6) is 11.5 Å². The van der Waals surface area contributed by atoms with Crippen molar-refractivity contribution in [1.29, 1.82) is 0 Å². The van der Waals surface area contributed by atoms with Crippen molar-refractivity contribution in [1.82, 2.24) is 10.6 Å². The zero-order chi connectivity index (χ0) is 23.2. The molecule has 3 aromatic rings. The van der Waals surface area contributed by atoms with Crippen molar-refractivity contribution < 1.29 is 19.1 Å². The molecule has 7 nitrogen and oxygen atoms in total. The number of benzene rings is 3. The lowest BCUT2D eigenvalue weighted by Crippen LogP contribution is -2.45. The molecule has 3 amide bonds. The summed E-state index contributed by atoms with van der Waals surface area (Å²) in [5.74, 6) is 1.09. The number of ether oxygens (including phenoxy) is 2. The first-order valence-electron chi connectivity index (χ1n) is 10.5. The highest BCUT2D eigenvalue weighted by atomic mass is 16.5. The number of allylic oxidation sites excluding steroid dienone is 1. The Kier molecular flexibility index (Phi) is 6.59. The summed E-state index contributed by atoms with van der Waals surface area (Å²) in [4.78, 5) is 25.3. The van der Waals surface area contributed by atoms with E-state index in [9.17, 15) is 9.59 Å². The summed E-state index contributed by atoms with van der Waals surface area (Å²) in [5, 5.41) is 8.42. The van der Waals surface area contributed by atoms with E-state index in [-0.39, 0.29) is 11.9 Å². The molecule has 3 N–H and O–H groups in total. The Morgan fingerprint density at radius 2 is 1.61 bits per heavy atom. The third kappa shape index (κ3) is 5.33. The van der Waals surface area contributed by atoms with Gasteiger partial charge in [-0.3, -0.25) is 4.79 Å². The topological polar surface area (TPSA) is 88.7 Å². The minimum absolute atomic E-state index is 0.306. The molecule has 0 fully saturated rings. The standard InChI is InChI=1S/C26H25N3O4/c1-17-23(25(30)28-20-10-14-21(32-2)15-11-20)24(29-26(31)27-17)19-8-12-22(13-9-19)33-16-18-6-4-3-5-7-18/h3-15,24H,16H2,1-2H3,(H,28,30)(H2,27,29,31). The molecule has 3 aromatic carbocycles. The second-order valence-electron chi connectivity index (χ2n) is 7.60. The molecule has 168 valence electrons. The maximum absolute atomic E-state index is 13.1. The maximum Gasteiger partial charge on any atom is 0.319 e. The second-order valence-corrected chi connectivity index (χ2v) is 7.60. The van der Waals surface area contributed by atoms with Crippen LogP contribution in [0.1, 0.15) is 24.1 Å². The summed E-state index contributed by atoms with van der Waals surface area (Å²) in [6.07, 6.45) is 0. The number of nitrogens with one attached hydrogen (secondary N) is 3. The number of carbonyl (C=O) groups is 2. The normalized spacial score (nSPS) is 15.3. The van der Waals surface area contributed by atoms with Gasteiger partial charge < -0.3 is 25.4 Å². The molecule has 0 saturated carbocycles. The van der Waals surface area contributed by atoms with E-state index in [0.29, 0.717) is 35.1 Å². The van der Waals surface area contributed by atoms with Crippen LogP contribution in [0.15, 0.2) is 90.1 Å². The van der Waals surface area contributed by atoms with Gasteiger partial charge in [-0.25, -0.2) is 4.79 Å². The molecule has 0 aromatic heterocycles. The van der Waals surface area contributed by atoms with Crippen molar-refractivity contribution in [3.05, 3.63) is 101 Å². The fourth-order valence-corrected chi connectivity index (χ4v) is 3.62. The van der Waals surface area contributed by atoms with E-state index < -0.39 is 6.04 Å². The van der Waals surface area contributed by atoms with Crippen LogP contribution in [0.4, 0.5) is 10.5 Å². The van der Waals surface area contributed by atoms with Crippen molar-refractivity contribution >= 4 is 17.6 Å². The summed E-state index contributed by atoms with van der Waals surface area (Å²) >= 11 is 0. The average molecular weight is 444 g/mol. The molecule has 0 saturated heterocycles. The summed E-state index contributed by atoms with van der Waals surface area (Å²) in [7, 11) is 1.58. The monoisotopic (exact) mass is 443 g/mol. The predicted octanol–water partition coefficient (Wildman–Crippen LogP) is 4.54. The molecule has 1 heterocycles. The van der Waals surface area contributed by atoms with Crippen LogP contribution in [0.2, 0.25) is 0 Å². The molecular formula is C26H25N3O4. The molecule has 4 rings (SSSR count). The highest BCUT2D eigenvalue weighted by Gasteiger charge is 2.31. The van der Waals surface area contributed by atoms with Crippen molar-refractivity contribution in [3.8, 4) is 11.5 Å². The van der Waals surface area contributed by atoms with Gasteiger partial charge in [0.05, 0.1) is 18.7 Å². The number of amides is 3. The SMILES string of the molecule is COc1ccc(NC(=O)C2=C(C)NC(=O)NC2c2ccc(OCc3ccccc3)cc2)cc1. The molecule has 7 heteroatoms. The van der Waals surface area contributed by atoms with Gasteiger partial charge in [-0.2, -0.15) is 0 Å². The molecular weight excluding hydrogens is 418 g/mol. The van der Waals surface area contributed by atoms with E-state index >= 15 is 0 Å². The van der Waals surface area contributed by atoms with Crippen molar-refractivity contribution in [2.75, 3.05) is 12.4 Å². The highest BCUT2D eigenvalue weighted by molar-refractivity contribution is 6.06. The van der Waals surface area contributed by atoms with Gasteiger partial charge >= 0.3 is 6.03 Å². The van der Waals surface area contributed by atoms with Gasteiger partial charge in [0.2, 0.25) is 0 Å². The van der Waals surface area contributed by atoms with E-state index in [0.717, 1.165) is 11.1 Å². The van der Waals surface area contributed by atoms with Crippen LogP contribution in [0.25, 0.3) is 0 Å².